The Morgan fingerprint density at radius 2 is 1.94 bits per heavy atom. The van der Waals surface area contributed by atoms with Crippen LogP contribution in [0.2, 0.25) is 0 Å². The summed E-state index contributed by atoms with van der Waals surface area (Å²) in [6.07, 6.45) is 3.37. The first-order chi connectivity index (χ1) is 8.25. The van der Waals surface area contributed by atoms with Crippen molar-refractivity contribution in [2.45, 2.75) is 0 Å². The summed E-state index contributed by atoms with van der Waals surface area (Å²) in [6, 6.07) is 6.84. The average molecular weight is 292 g/mol. The molecule has 0 saturated heterocycles. The number of aromatic amines is 1. The number of rotatable bonds is 1. The number of hydrogen-bond acceptors (Lipinski definition) is 2. The van der Waals surface area contributed by atoms with Gasteiger partial charge in [-0.2, -0.15) is 5.10 Å². The summed E-state index contributed by atoms with van der Waals surface area (Å²) in [5.74, 6) is -0.297. The highest BCUT2D eigenvalue weighted by Gasteiger charge is 2.10. The van der Waals surface area contributed by atoms with Gasteiger partial charge in [0.1, 0.15) is 11.5 Å². The minimum Gasteiger partial charge on any atom is -0.277 e. The predicted octanol–water partition coefficient (Wildman–Crippen LogP) is 3.53. The van der Waals surface area contributed by atoms with Gasteiger partial charge in [0.15, 0.2) is 0 Å². The molecule has 2 aromatic heterocycles. The number of pyridine rings is 1. The third-order valence-electron chi connectivity index (χ3n) is 2.56. The monoisotopic (exact) mass is 291 g/mol. The van der Waals surface area contributed by atoms with E-state index >= 15 is 0 Å². The highest BCUT2D eigenvalue weighted by molar-refractivity contribution is 9.10. The number of nitrogens with one attached hydrogen (secondary N) is 1. The summed E-state index contributed by atoms with van der Waals surface area (Å²) >= 11 is 3.15. The molecule has 3 nitrogen and oxygen atoms in total. The zero-order valence-electron chi connectivity index (χ0n) is 8.61. The molecule has 5 heteroatoms. The van der Waals surface area contributed by atoms with E-state index in [4.69, 9.17) is 0 Å². The third kappa shape index (κ3) is 1.72. The number of H-pyrrole nitrogens is 1. The molecule has 0 aliphatic heterocycles. The minimum atomic E-state index is -0.297. The molecule has 3 aromatic rings. The van der Waals surface area contributed by atoms with Crippen molar-refractivity contribution < 1.29 is 4.39 Å². The van der Waals surface area contributed by atoms with E-state index in [1.807, 2.05) is 12.1 Å². The molecule has 0 aliphatic carbocycles. The Kier molecular flexibility index (Phi) is 2.40. The van der Waals surface area contributed by atoms with Gasteiger partial charge in [0.2, 0.25) is 0 Å². The van der Waals surface area contributed by atoms with Crippen molar-refractivity contribution in [1.82, 2.24) is 15.2 Å². The van der Waals surface area contributed by atoms with Crippen LogP contribution < -0.4 is 0 Å². The molecule has 2 heterocycles. The lowest BCUT2D eigenvalue weighted by Gasteiger charge is -1.98. The summed E-state index contributed by atoms with van der Waals surface area (Å²) < 4.78 is 13.9. The van der Waals surface area contributed by atoms with Crippen LogP contribution in [0.25, 0.3) is 22.2 Å². The molecule has 0 atom stereocenters. The molecule has 0 bridgehead atoms. The van der Waals surface area contributed by atoms with Gasteiger partial charge in [-0.25, -0.2) is 4.39 Å². The Morgan fingerprint density at radius 3 is 2.71 bits per heavy atom. The van der Waals surface area contributed by atoms with Crippen molar-refractivity contribution in [1.29, 1.82) is 0 Å². The smallest absolute Gasteiger partial charge is 0.138 e. The second-order valence-corrected chi connectivity index (χ2v) is 4.47. The van der Waals surface area contributed by atoms with Gasteiger partial charge < -0.3 is 0 Å². The van der Waals surface area contributed by atoms with Crippen LogP contribution in [0.3, 0.4) is 0 Å². The molecule has 1 N–H and O–H groups in total. The quantitative estimate of drug-likeness (QED) is 0.745. The summed E-state index contributed by atoms with van der Waals surface area (Å²) in [6.45, 7) is 0. The van der Waals surface area contributed by atoms with Crippen LogP contribution in [0, 0.1) is 5.82 Å². The van der Waals surface area contributed by atoms with Crippen LogP contribution >= 0.6 is 15.9 Å². The topological polar surface area (TPSA) is 41.6 Å². The van der Waals surface area contributed by atoms with Crippen LogP contribution in [0.1, 0.15) is 0 Å². The molecule has 3 rings (SSSR count). The van der Waals surface area contributed by atoms with Crippen molar-refractivity contribution in [3.8, 4) is 11.3 Å². The molecule has 0 amide bonds. The number of fused-ring (bicyclic) bond motifs is 1. The Balaban J connectivity index is 2.29. The number of hydrogen-bond donors (Lipinski definition) is 1. The van der Waals surface area contributed by atoms with Gasteiger partial charge in [-0.15, -0.1) is 0 Å². The molecule has 0 radical (unpaired) electrons. The van der Waals surface area contributed by atoms with E-state index in [1.165, 1.54) is 6.07 Å². The molecular formula is C12H7BrFN3. The van der Waals surface area contributed by atoms with Gasteiger partial charge in [0.05, 0.1) is 9.99 Å². The van der Waals surface area contributed by atoms with Crippen molar-refractivity contribution in [3.05, 3.63) is 46.9 Å². The van der Waals surface area contributed by atoms with Gasteiger partial charge in [-0.1, -0.05) is 0 Å². The first-order valence-corrected chi connectivity index (χ1v) is 5.78. The number of halogens is 2. The number of aromatic nitrogens is 3. The second-order valence-electron chi connectivity index (χ2n) is 3.62. The first-order valence-electron chi connectivity index (χ1n) is 4.99. The highest BCUT2D eigenvalue weighted by atomic mass is 79.9. The molecule has 0 unspecified atom stereocenters. The Labute approximate surface area is 105 Å². The van der Waals surface area contributed by atoms with Gasteiger partial charge >= 0.3 is 0 Å². The van der Waals surface area contributed by atoms with Gasteiger partial charge in [-0.3, -0.25) is 10.1 Å². The lowest BCUT2D eigenvalue weighted by atomic mass is 10.1. The summed E-state index contributed by atoms with van der Waals surface area (Å²) in [5.41, 5.74) is 2.44. The zero-order chi connectivity index (χ0) is 11.8. The summed E-state index contributed by atoms with van der Waals surface area (Å²) in [7, 11) is 0. The Morgan fingerprint density at radius 1 is 1.18 bits per heavy atom. The Bertz CT molecular complexity index is 679. The molecule has 0 spiro atoms. The molecule has 0 saturated carbocycles. The largest absolute Gasteiger partial charge is 0.277 e. The summed E-state index contributed by atoms with van der Waals surface area (Å²) in [5, 5.41) is 7.86. The second kappa shape index (κ2) is 3.92. The highest BCUT2D eigenvalue weighted by Crippen LogP contribution is 2.29. The molecule has 0 fully saturated rings. The molecule has 1 aromatic carbocycles. The van der Waals surface area contributed by atoms with Crippen LogP contribution in [-0.2, 0) is 0 Å². The average Bonchev–Trinajstić information content (AvgIpc) is 2.74. The number of nitrogens with zero attached hydrogens (tertiary/aromatic N) is 2. The van der Waals surface area contributed by atoms with Crippen molar-refractivity contribution in [3.63, 3.8) is 0 Å². The van der Waals surface area contributed by atoms with E-state index < -0.39 is 0 Å². The first kappa shape index (κ1) is 10.4. The molecule has 0 aliphatic rings. The summed E-state index contributed by atoms with van der Waals surface area (Å²) in [4.78, 5) is 3.95. The zero-order valence-corrected chi connectivity index (χ0v) is 10.2. The van der Waals surface area contributed by atoms with Crippen molar-refractivity contribution >= 4 is 26.8 Å². The van der Waals surface area contributed by atoms with Crippen molar-refractivity contribution in [2.75, 3.05) is 0 Å². The fraction of sp³-hybridized carbons (Fsp3) is 0. The van der Waals surface area contributed by atoms with E-state index in [0.29, 0.717) is 4.47 Å². The van der Waals surface area contributed by atoms with Crippen molar-refractivity contribution in [2.24, 2.45) is 0 Å². The third-order valence-corrected chi connectivity index (χ3v) is 3.17. The maximum absolute atomic E-state index is 13.5. The minimum absolute atomic E-state index is 0.297. The fourth-order valence-electron chi connectivity index (χ4n) is 1.74. The molecule has 17 heavy (non-hydrogen) atoms. The van der Waals surface area contributed by atoms with Crippen LogP contribution in [-0.4, -0.2) is 15.2 Å². The van der Waals surface area contributed by atoms with E-state index in [2.05, 4.69) is 31.1 Å². The number of benzene rings is 1. The SMILES string of the molecule is Fc1cc2c(-c3ccncc3)n[nH]c2cc1Br. The fourth-order valence-corrected chi connectivity index (χ4v) is 2.08. The van der Waals surface area contributed by atoms with E-state index in [9.17, 15) is 4.39 Å². The van der Waals surface area contributed by atoms with Crippen LogP contribution in [0.5, 0.6) is 0 Å². The van der Waals surface area contributed by atoms with E-state index in [1.54, 1.807) is 18.5 Å². The van der Waals surface area contributed by atoms with Gasteiger partial charge in [0, 0.05) is 23.3 Å². The standard InChI is InChI=1S/C12H7BrFN3/c13-9-6-11-8(5-10(9)14)12(17-16-11)7-1-3-15-4-2-7/h1-6H,(H,16,17). The maximum atomic E-state index is 13.5. The lowest BCUT2D eigenvalue weighted by Crippen LogP contribution is -1.81. The van der Waals surface area contributed by atoms with Gasteiger partial charge in [0.25, 0.3) is 0 Å². The van der Waals surface area contributed by atoms with Crippen LogP contribution in [0.15, 0.2) is 41.1 Å². The Hall–Kier alpha value is -1.75. The van der Waals surface area contributed by atoms with E-state index in [-0.39, 0.29) is 5.82 Å². The maximum Gasteiger partial charge on any atom is 0.138 e. The predicted molar refractivity (Wildman–Crippen MR) is 67.0 cm³/mol. The normalized spacial score (nSPS) is 10.9. The van der Waals surface area contributed by atoms with Gasteiger partial charge in [-0.05, 0) is 40.2 Å². The molecule has 84 valence electrons. The van der Waals surface area contributed by atoms with E-state index in [0.717, 1.165) is 22.2 Å². The molecular weight excluding hydrogens is 285 g/mol. The lowest BCUT2D eigenvalue weighted by molar-refractivity contribution is 0.623. The van der Waals surface area contributed by atoms with Crippen LogP contribution in [0.4, 0.5) is 4.39 Å².